The number of carbonyl (C=O) groups is 1. The van der Waals surface area contributed by atoms with E-state index in [0.29, 0.717) is 56.1 Å². The second kappa shape index (κ2) is 11.0. The van der Waals surface area contributed by atoms with Gasteiger partial charge in [0.15, 0.2) is 17.3 Å². The Hall–Kier alpha value is -4.28. The molecule has 12 heteroatoms. The molecule has 2 aromatic carbocycles. The molecule has 3 aromatic heterocycles. The molecule has 0 atom stereocenters. The molecule has 1 amide bonds. The first kappa shape index (κ1) is 25.4. The fourth-order valence-electron chi connectivity index (χ4n) is 3.74. The van der Waals surface area contributed by atoms with Gasteiger partial charge >= 0.3 is 0 Å². The first-order valence-corrected chi connectivity index (χ1v) is 12.1. The molecule has 5 aromatic rings. The van der Waals surface area contributed by atoms with E-state index in [1.807, 2.05) is 0 Å². The number of benzene rings is 2. The maximum absolute atomic E-state index is 12.9. The topological polar surface area (TPSA) is 117 Å². The number of methoxy groups -OCH3 is 2. The number of carbonyl (C=O) groups excluding carboxylic acids is 1. The van der Waals surface area contributed by atoms with Crippen LogP contribution in [-0.2, 0) is 11.2 Å². The van der Waals surface area contributed by atoms with Crippen LogP contribution >= 0.6 is 23.2 Å². The number of rotatable bonds is 9. The van der Waals surface area contributed by atoms with E-state index in [2.05, 4.69) is 20.6 Å². The Kier molecular flexibility index (Phi) is 7.34. The smallest absolute Gasteiger partial charge is 0.227 e. The highest BCUT2D eigenvalue weighted by atomic mass is 35.5. The van der Waals surface area contributed by atoms with Gasteiger partial charge in [-0.05, 0) is 48.5 Å². The lowest BCUT2D eigenvalue weighted by Gasteiger charge is -2.10. The summed E-state index contributed by atoms with van der Waals surface area (Å²) in [6.45, 7) is 0. The summed E-state index contributed by atoms with van der Waals surface area (Å²) in [5, 5.41) is 12.4. The highest BCUT2D eigenvalue weighted by Gasteiger charge is 2.18. The minimum Gasteiger partial charge on any atom is -0.493 e. The quantitative estimate of drug-likeness (QED) is 0.233. The molecule has 1 N–H and O–H groups in total. The zero-order valence-corrected chi connectivity index (χ0v) is 21.8. The zero-order valence-electron chi connectivity index (χ0n) is 20.3. The molecule has 0 unspecified atom stereocenters. The minimum absolute atomic E-state index is 0.0935. The van der Waals surface area contributed by atoms with E-state index in [1.54, 1.807) is 65.5 Å². The van der Waals surface area contributed by atoms with Gasteiger partial charge in [0.1, 0.15) is 11.5 Å². The van der Waals surface area contributed by atoms with E-state index in [0.717, 1.165) is 5.69 Å². The SMILES string of the molecule is COc1cc(-c2noc(CCC(=O)Nc3cc(-c4ccco4)nn3-c3ccc(Cl)cc3)n2)cc(Cl)c1OC. The second-order valence-corrected chi connectivity index (χ2v) is 8.88. The minimum atomic E-state index is -0.264. The van der Waals surface area contributed by atoms with Gasteiger partial charge in [0.05, 0.1) is 31.2 Å². The van der Waals surface area contributed by atoms with Gasteiger partial charge in [0.2, 0.25) is 17.6 Å². The van der Waals surface area contributed by atoms with Gasteiger partial charge in [0, 0.05) is 29.5 Å². The number of nitrogens with one attached hydrogen (secondary N) is 1. The molecule has 0 spiro atoms. The largest absolute Gasteiger partial charge is 0.493 e. The monoisotopic (exact) mass is 553 g/mol. The van der Waals surface area contributed by atoms with Crippen molar-refractivity contribution in [2.45, 2.75) is 12.8 Å². The molecule has 194 valence electrons. The molecule has 0 bridgehead atoms. The van der Waals surface area contributed by atoms with Crippen LogP contribution in [0.2, 0.25) is 10.0 Å². The lowest BCUT2D eigenvalue weighted by atomic mass is 10.2. The Bertz CT molecular complexity index is 1560. The van der Waals surface area contributed by atoms with Gasteiger partial charge < -0.3 is 23.7 Å². The summed E-state index contributed by atoms with van der Waals surface area (Å²) >= 11 is 12.3. The van der Waals surface area contributed by atoms with Gasteiger partial charge in [-0.15, -0.1) is 0 Å². The van der Waals surface area contributed by atoms with Crippen LogP contribution in [0.4, 0.5) is 5.82 Å². The number of anilines is 1. The van der Waals surface area contributed by atoms with Crippen LogP contribution < -0.4 is 14.8 Å². The molecular formula is C26H21Cl2N5O5. The molecule has 0 aliphatic heterocycles. The third-order valence-corrected chi connectivity index (χ3v) is 6.08. The molecule has 0 fully saturated rings. The van der Waals surface area contributed by atoms with Crippen LogP contribution in [0, 0.1) is 0 Å². The normalized spacial score (nSPS) is 10.9. The van der Waals surface area contributed by atoms with Gasteiger partial charge in [-0.1, -0.05) is 28.4 Å². The lowest BCUT2D eigenvalue weighted by Crippen LogP contribution is -2.15. The fraction of sp³-hybridized carbons (Fsp3) is 0.154. The first-order valence-electron chi connectivity index (χ1n) is 11.4. The average Bonchev–Trinajstić information content (AvgIpc) is 3.69. The Labute approximate surface area is 227 Å². The summed E-state index contributed by atoms with van der Waals surface area (Å²) in [5.74, 6) is 2.23. The van der Waals surface area contributed by atoms with Crippen LogP contribution in [0.1, 0.15) is 12.3 Å². The maximum atomic E-state index is 12.9. The standard InChI is InChI=1S/C26H21Cl2N5O5/c1-35-21-13-15(12-18(28)25(21)36-2)26-30-24(38-32-26)10-9-23(34)29-22-14-19(20-4-3-11-37-20)31-33(22)17-7-5-16(27)6-8-17/h3-8,11-14H,9-10H2,1-2H3,(H,29,34). The van der Waals surface area contributed by atoms with Crippen LogP contribution in [0.25, 0.3) is 28.5 Å². The summed E-state index contributed by atoms with van der Waals surface area (Å²) in [4.78, 5) is 17.2. The number of aryl methyl sites for hydroxylation is 1. The van der Waals surface area contributed by atoms with E-state index in [4.69, 9.17) is 41.6 Å². The van der Waals surface area contributed by atoms with Crippen molar-refractivity contribution < 1.29 is 23.2 Å². The summed E-state index contributed by atoms with van der Waals surface area (Å²) < 4.78 is 23.0. The van der Waals surface area contributed by atoms with Crippen LogP contribution in [0.5, 0.6) is 11.5 Å². The molecule has 5 rings (SSSR count). The molecule has 0 aliphatic carbocycles. The van der Waals surface area contributed by atoms with Gasteiger partial charge in [-0.2, -0.15) is 10.1 Å². The molecule has 3 heterocycles. The number of ether oxygens (including phenoxy) is 2. The molecule has 0 radical (unpaired) electrons. The van der Waals surface area contributed by atoms with E-state index in [1.165, 1.54) is 14.2 Å². The first-order chi connectivity index (χ1) is 18.4. The number of nitrogens with zero attached hydrogens (tertiary/aromatic N) is 4. The number of aromatic nitrogens is 4. The highest BCUT2D eigenvalue weighted by Crippen LogP contribution is 2.38. The fourth-order valence-corrected chi connectivity index (χ4v) is 4.15. The van der Waals surface area contributed by atoms with Gasteiger partial charge in [-0.25, -0.2) is 4.68 Å². The Morgan fingerprint density at radius 1 is 1.08 bits per heavy atom. The third-order valence-electron chi connectivity index (χ3n) is 5.55. The van der Waals surface area contributed by atoms with Crippen LogP contribution in [-0.4, -0.2) is 40.0 Å². The number of hydrogen-bond acceptors (Lipinski definition) is 8. The van der Waals surface area contributed by atoms with Gasteiger partial charge in [-0.3, -0.25) is 4.79 Å². The van der Waals surface area contributed by atoms with E-state index >= 15 is 0 Å². The Morgan fingerprint density at radius 2 is 1.89 bits per heavy atom. The number of furan rings is 1. The van der Waals surface area contributed by atoms with Crippen molar-refractivity contribution in [2.24, 2.45) is 0 Å². The number of amides is 1. The van der Waals surface area contributed by atoms with E-state index in [-0.39, 0.29) is 18.7 Å². The van der Waals surface area contributed by atoms with E-state index < -0.39 is 0 Å². The summed E-state index contributed by atoms with van der Waals surface area (Å²) in [6, 6.07) is 15.7. The van der Waals surface area contributed by atoms with Crippen molar-refractivity contribution in [2.75, 3.05) is 19.5 Å². The molecule has 0 saturated carbocycles. The van der Waals surface area contributed by atoms with Crippen molar-refractivity contribution in [3.63, 3.8) is 0 Å². The highest BCUT2D eigenvalue weighted by molar-refractivity contribution is 6.32. The van der Waals surface area contributed by atoms with Crippen molar-refractivity contribution in [1.29, 1.82) is 0 Å². The van der Waals surface area contributed by atoms with E-state index in [9.17, 15) is 4.79 Å². The predicted molar refractivity (Wildman–Crippen MR) is 141 cm³/mol. The van der Waals surface area contributed by atoms with Crippen molar-refractivity contribution in [3.8, 4) is 40.0 Å². The van der Waals surface area contributed by atoms with Crippen molar-refractivity contribution in [1.82, 2.24) is 19.9 Å². The Morgan fingerprint density at radius 3 is 2.61 bits per heavy atom. The maximum Gasteiger partial charge on any atom is 0.227 e. The summed E-state index contributed by atoms with van der Waals surface area (Å²) in [5.41, 5.74) is 1.87. The predicted octanol–water partition coefficient (Wildman–Crippen LogP) is 6.08. The second-order valence-electron chi connectivity index (χ2n) is 8.03. The lowest BCUT2D eigenvalue weighted by molar-refractivity contribution is -0.116. The zero-order chi connectivity index (χ0) is 26.6. The number of halogens is 2. The molecule has 0 aliphatic rings. The summed E-state index contributed by atoms with van der Waals surface area (Å²) in [6.07, 6.45) is 1.87. The number of hydrogen-bond donors (Lipinski definition) is 1. The van der Waals surface area contributed by atoms with Crippen molar-refractivity contribution in [3.05, 3.63) is 76.8 Å². The third kappa shape index (κ3) is 5.36. The van der Waals surface area contributed by atoms with Crippen LogP contribution in [0.15, 0.2) is 69.8 Å². The molecule has 10 nitrogen and oxygen atoms in total. The Balaban J connectivity index is 1.30. The average molecular weight is 554 g/mol. The van der Waals surface area contributed by atoms with Crippen LogP contribution in [0.3, 0.4) is 0 Å². The van der Waals surface area contributed by atoms with Gasteiger partial charge in [0.25, 0.3) is 0 Å². The van der Waals surface area contributed by atoms with Crippen molar-refractivity contribution >= 4 is 34.9 Å². The molecule has 0 saturated heterocycles. The summed E-state index contributed by atoms with van der Waals surface area (Å²) in [7, 11) is 3.01. The molecule has 38 heavy (non-hydrogen) atoms. The molecular weight excluding hydrogens is 533 g/mol.